The van der Waals surface area contributed by atoms with Crippen LogP contribution in [0.4, 0.5) is 43.9 Å². The van der Waals surface area contributed by atoms with Gasteiger partial charge in [-0.3, -0.25) is 0 Å². The van der Waals surface area contributed by atoms with Crippen LogP contribution in [0.5, 0.6) is 0 Å². The monoisotopic (exact) mass is 558 g/mol. The van der Waals surface area contributed by atoms with Gasteiger partial charge >= 0.3 is 30.2 Å². The number of aliphatic hydroxyl groups is 1. The van der Waals surface area contributed by atoms with E-state index in [4.69, 9.17) is 0 Å². The Hall–Kier alpha value is -1.57. The van der Waals surface area contributed by atoms with Crippen molar-refractivity contribution in [3.63, 3.8) is 0 Å². The first-order valence-corrected chi connectivity index (χ1v) is 11.9. The molecule has 0 amide bonds. The van der Waals surface area contributed by atoms with Crippen molar-refractivity contribution in [3.8, 4) is 0 Å². The minimum atomic E-state index is -6.10. The van der Waals surface area contributed by atoms with Crippen molar-refractivity contribution in [1.29, 1.82) is 0 Å². The van der Waals surface area contributed by atoms with Crippen LogP contribution in [-0.2, 0) is 14.3 Å². The quantitative estimate of drug-likeness (QED) is 0.233. The average molecular weight is 558 g/mol. The van der Waals surface area contributed by atoms with E-state index >= 15 is 17.6 Å². The Kier molecular flexibility index (Phi) is 7.51. The molecule has 3 fully saturated rings. The van der Waals surface area contributed by atoms with E-state index in [2.05, 4.69) is 16.1 Å². The van der Waals surface area contributed by atoms with E-state index in [0.717, 1.165) is 0 Å². The van der Waals surface area contributed by atoms with Gasteiger partial charge in [0, 0.05) is 11.8 Å². The van der Waals surface area contributed by atoms with Gasteiger partial charge in [0.25, 0.3) is 0 Å². The Morgan fingerprint density at radius 3 is 1.68 bits per heavy atom. The van der Waals surface area contributed by atoms with Crippen LogP contribution >= 0.6 is 0 Å². The first-order valence-electron chi connectivity index (χ1n) is 11.9. The zero-order valence-electron chi connectivity index (χ0n) is 19.9. The molecule has 0 bridgehead atoms. The van der Waals surface area contributed by atoms with E-state index in [1.165, 1.54) is 0 Å². The van der Waals surface area contributed by atoms with Crippen LogP contribution in [0, 0.1) is 11.8 Å². The van der Waals surface area contributed by atoms with Gasteiger partial charge in [0.2, 0.25) is 17.0 Å². The molecule has 3 atom stereocenters. The second-order valence-electron chi connectivity index (χ2n) is 10.2. The fraction of sp³-hybridized carbons (Fsp3) is 0.870. The first-order chi connectivity index (χ1) is 16.7. The maximum absolute atomic E-state index is 16.6. The van der Waals surface area contributed by atoms with Crippen molar-refractivity contribution in [2.45, 2.75) is 112 Å². The number of hydrogen-bond acceptors (Lipinski definition) is 4. The summed E-state index contributed by atoms with van der Waals surface area (Å²) in [5, 5.41) is 10.6. The number of carbonyl (C=O) groups excluding carboxylic acids is 1. The molecule has 1 saturated heterocycles. The van der Waals surface area contributed by atoms with Gasteiger partial charge in [0.1, 0.15) is 5.57 Å². The Balaban J connectivity index is 2.39. The van der Waals surface area contributed by atoms with Crippen molar-refractivity contribution in [1.82, 2.24) is 0 Å². The van der Waals surface area contributed by atoms with E-state index in [1.807, 2.05) is 0 Å². The molecular formula is C23H28F10O4. The highest BCUT2D eigenvalue weighted by Crippen LogP contribution is 2.69. The molecule has 0 aromatic rings. The summed E-state index contributed by atoms with van der Waals surface area (Å²) in [6, 6.07) is 0. The van der Waals surface area contributed by atoms with Crippen molar-refractivity contribution >= 4 is 5.97 Å². The van der Waals surface area contributed by atoms with E-state index < -0.39 is 90.2 Å². The molecule has 1 aliphatic heterocycles. The van der Waals surface area contributed by atoms with Crippen LogP contribution in [0.25, 0.3) is 0 Å². The molecule has 14 heteroatoms. The molecule has 3 unspecified atom stereocenters. The molecule has 4 nitrogen and oxygen atoms in total. The van der Waals surface area contributed by atoms with Crippen molar-refractivity contribution in [3.05, 3.63) is 12.2 Å². The maximum atomic E-state index is 16.6. The smallest absolute Gasteiger partial charge is 0.424 e. The number of alkyl halides is 10. The molecule has 0 aromatic heterocycles. The molecule has 2 saturated carbocycles. The highest BCUT2D eigenvalue weighted by atomic mass is 19.4. The topological polar surface area (TPSA) is 55.8 Å². The molecule has 1 N–H and O–H groups in total. The minimum absolute atomic E-state index is 0.00156. The number of hydrogen-bond donors (Lipinski definition) is 1. The van der Waals surface area contributed by atoms with Gasteiger partial charge in [0.15, 0.2) is 0 Å². The summed E-state index contributed by atoms with van der Waals surface area (Å²) in [4.78, 5) is 12.4. The van der Waals surface area contributed by atoms with Gasteiger partial charge in [-0.1, -0.05) is 45.1 Å². The fourth-order valence-electron chi connectivity index (χ4n) is 6.13. The number of esters is 1. The lowest BCUT2D eigenvalue weighted by Crippen LogP contribution is -2.88. The van der Waals surface area contributed by atoms with Crippen molar-refractivity contribution < 1.29 is 63.3 Å². The molecule has 0 aromatic carbocycles. The van der Waals surface area contributed by atoms with Gasteiger partial charge in [-0.2, -0.15) is 43.9 Å². The maximum Gasteiger partial charge on any atom is 0.424 e. The van der Waals surface area contributed by atoms with Crippen LogP contribution < -0.4 is 0 Å². The van der Waals surface area contributed by atoms with E-state index in [9.17, 15) is 36.2 Å². The Bertz CT molecular complexity index is 885. The number of rotatable bonds is 4. The number of halogens is 10. The lowest BCUT2D eigenvalue weighted by molar-refractivity contribution is -0.532. The number of ether oxygens (including phenoxy) is 2. The van der Waals surface area contributed by atoms with E-state index in [0.29, 0.717) is 12.8 Å². The zero-order valence-corrected chi connectivity index (χ0v) is 19.9. The van der Waals surface area contributed by atoms with Gasteiger partial charge < -0.3 is 14.6 Å². The molecule has 3 aliphatic rings. The summed E-state index contributed by atoms with van der Waals surface area (Å²) < 4.78 is 158. The standard InChI is InChI=1S/C23H28F10O4/c1-13(20(24,25)26)16(34)36-18(14-9-5-3-6-10-14)21(27,28)17(2,35)37-19(22(18,29)30,23(31,32)33)15-11-7-4-8-12-15/h14-15,35H,1,3-12H2,2H3. The predicted octanol–water partition coefficient (Wildman–Crippen LogP) is 6.86. The molecule has 0 radical (unpaired) electrons. The van der Waals surface area contributed by atoms with E-state index in [1.54, 1.807) is 0 Å². The summed E-state index contributed by atoms with van der Waals surface area (Å²) in [5.41, 5.74) is -12.1. The zero-order chi connectivity index (χ0) is 28.3. The van der Waals surface area contributed by atoms with Crippen LogP contribution in [-0.4, -0.2) is 52.3 Å². The van der Waals surface area contributed by atoms with Crippen LogP contribution in [0.2, 0.25) is 0 Å². The Labute approximate surface area is 206 Å². The third-order valence-corrected chi connectivity index (χ3v) is 7.97. The third-order valence-electron chi connectivity index (χ3n) is 7.97. The summed E-state index contributed by atoms with van der Waals surface area (Å²) in [6.07, 6.45) is -13.5. The number of carbonyl (C=O) groups is 1. The Morgan fingerprint density at radius 2 is 1.27 bits per heavy atom. The lowest BCUT2D eigenvalue weighted by Gasteiger charge is -2.64. The van der Waals surface area contributed by atoms with Crippen LogP contribution in [0.3, 0.4) is 0 Å². The fourth-order valence-corrected chi connectivity index (χ4v) is 6.13. The molecule has 37 heavy (non-hydrogen) atoms. The molecule has 2 aliphatic carbocycles. The SMILES string of the molecule is C=C(C(=O)OC1(C2CCCCC2)C(F)(F)C(C)(O)OC(C2CCCCC2)(C(F)(F)F)C1(F)F)C(F)(F)F. The molecule has 0 spiro atoms. The Morgan fingerprint density at radius 1 is 0.838 bits per heavy atom. The van der Waals surface area contributed by atoms with Crippen LogP contribution in [0.1, 0.15) is 71.1 Å². The van der Waals surface area contributed by atoms with Crippen molar-refractivity contribution in [2.24, 2.45) is 11.8 Å². The van der Waals surface area contributed by atoms with Gasteiger partial charge in [-0.25, -0.2) is 4.79 Å². The minimum Gasteiger partial charge on any atom is -0.442 e. The van der Waals surface area contributed by atoms with Crippen LogP contribution in [0.15, 0.2) is 12.2 Å². The first kappa shape index (κ1) is 30.0. The van der Waals surface area contributed by atoms with Gasteiger partial charge in [-0.15, -0.1) is 0 Å². The largest absolute Gasteiger partial charge is 0.442 e. The van der Waals surface area contributed by atoms with Crippen molar-refractivity contribution in [2.75, 3.05) is 0 Å². The third kappa shape index (κ3) is 4.24. The highest BCUT2D eigenvalue weighted by Gasteiger charge is 2.94. The van der Waals surface area contributed by atoms with E-state index in [-0.39, 0.29) is 32.6 Å². The summed E-state index contributed by atoms with van der Waals surface area (Å²) in [6.45, 7) is 2.39. The summed E-state index contributed by atoms with van der Waals surface area (Å²) >= 11 is 0. The van der Waals surface area contributed by atoms with Gasteiger partial charge in [0.05, 0.1) is 0 Å². The normalized spacial score (nSPS) is 35.7. The highest BCUT2D eigenvalue weighted by molar-refractivity contribution is 5.89. The molecular weight excluding hydrogens is 530 g/mol. The predicted molar refractivity (Wildman–Crippen MR) is 108 cm³/mol. The summed E-state index contributed by atoms with van der Waals surface area (Å²) in [7, 11) is 0. The lowest BCUT2D eigenvalue weighted by atomic mass is 9.58. The molecule has 214 valence electrons. The summed E-state index contributed by atoms with van der Waals surface area (Å²) in [5.74, 6) is -22.8. The van der Waals surface area contributed by atoms with Gasteiger partial charge in [-0.05, 0) is 32.6 Å². The molecule has 1 heterocycles. The average Bonchev–Trinajstić information content (AvgIpc) is 2.78. The second kappa shape index (κ2) is 9.27. The second-order valence-corrected chi connectivity index (χ2v) is 10.2. The molecule has 3 rings (SSSR count).